The summed E-state index contributed by atoms with van der Waals surface area (Å²) >= 11 is 3.27. The van der Waals surface area contributed by atoms with Crippen LogP contribution in [-0.4, -0.2) is 19.8 Å². The summed E-state index contributed by atoms with van der Waals surface area (Å²) < 4.78 is 11.6. The van der Waals surface area contributed by atoms with E-state index in [2.05, 4.69) is 35.1 Å². The Hall–Kier alpha value is -0.320. The molecule has 92 valence electrons. The summed E-state index contributed by atoms with van der Waals surface area (Å²) in [6.45, 7) is 7.63. The van der Waals surface area contributed by atoms with Crippen molar-refractivity contribution in [3.63, 3.8) is 0 Å². The molecule has 0 aliphatic rings. The zero-order valence-electron chi connectivity index (χ0n) is 9.96. The molecular formula is C12H20BrNO2. The van der Waals surface area contributed by atoms with Gasteiger partial charge in [0.15, 0.2) is 4.67 Å². The van der Waals surface area contributed by atoms with E-state index in [0.717, 1.165) is 43.2 Å². The van der Waals surface area contributed by atoms with Gasteiger partial charge in [-0.15, -0.1) is 0 Å². The molecule has 0 saturated carbocycles. The van der Waals surface area contributed by atoms with Crippen LogP contribution in [0.5, 0.6) is 0 Å². The van der Waals surface area contributed by atoms with Gasteiger partial charge < -0.3 is 14.5 Å². The average molecular weight is 290 g/mol. The molecule has 0 aliphatic carbocycles. The van der Waals surface area contributed by atoms with Gasteiger partial charge in [0, 0.05) is 13.2 Å². The molecule has 1 N–H and O–H groups in total. The predicted molar refractivity (Wildman–Crippen MR) is 68.4 cm³/mol. The fourth-order valence-corrected chi connectivity index (χ4v) is 1.56. The summed E-state index contributed by atoms with van der Waals surface area (Å²) in [6.07, 6.45) is 1.13. The van der Waals surface area contributed by atoms with Crippen LogP contribution in [0.15, 0.2) is 21.2 Å². The molecule has 1 aromatic heterocycles. The first-order chi connectivity index (χ1) is 7.68. The zero-order chi connectivity index (χ0) is 11.8. The largest absolute Gasteiger partial charge is 0.453 e. The molecule has 1 rings (SSSR count). The molecule has 0 amide bonds. The van der Waals surface area contributed by atoms with Gasteiger partial charge >= 0.3 is 0 Å². The number of hydrogen-bond donors (Lipinski definition) is 1. The van der Waals surface area contributed by atoms with Crippen molar-refractivity contribution in [2.45, 2.75) is 26.8 Å². The molecule has 0 fully saturated rings. The third kappa shape index (κ3) is 6.30. The molecule has 0 unspecified atom stereocenters. The van der Waals surface area contributed by atoms with Gasteiger partial charge in [-0.3, -0.25) is 0 Å². The van der Waals surface area contributed by atoms with Crippen molar-refractivity contribution in [3.8, 4) is 0 Å². The zero-order valence-corrected chi connectivity index (χ0v) is 11.5. The van der Waals surface area contributed by atoms with Gasteiger partial charge in [-0.2, -0.15) is 0 Å². The number of furan rings is 1. The standard InChI is InChI=1S/C12H20BrNO2/c1-10(2)5-7-15-8-6-14-9-11-3-4-12(13)16-11/h3-4,10,14H,5-9H2,1-2H3. The van der Waals surface area contributed by atoms with Crippen molar-refractivity contribution in [2.75, 3.05) is 19.8 Å². The van der Waals surface area contributed by atoms with Crippen molar-refractivity contribution in [2.24, 2.45) is 5.92 Å². The fourth-order valence-electron chi connectivity index (χ4n) is 1.22. The third-order valence-corrected chi connectivity index (χ3v) is 2.62. The van der Waals surface area contributed by atoms with E-state index in [4.69, 9.17) is 9.15 Å². The first kappa shape index (κ1) is 13.7. The molecule has 0 aromatic carbocycles. The number of nitrogens with one attached hydrogen (secondary N) is 1. The minimum Gasteiger partial charge on any atom is -0.453 e. The van der Waals surface area contributed by atoms with Gasteiger partial charge in [0.25, 0.3) is 0 Å². The number of rotatable bonds is 8. The molecule has 0 saturated heterocycles. The smallest absolute Gasteiger partial charge is 0.169 e. The number of halogens is 1. The highest BCUT2D eigenvalue weighted by molar-refractivity contribution is 9.10. The highest BCUT2D eigenvalue weighted by Crippen LogP contribution is 2.13. The second-order valence-electron chi connectivity index (χ2n) is 4.18. The minimum absolute atomic E-state index is 0.716. The lowest BCUT2D eigenvalue weighted by Gasteiger charge is -2.06. The van der Waals surface area contributed by atoms with E-state index in [9.17, 15) is 0 Å². The van der Waals surface area contributed by atoms with Crippen LogP contribution in [0.4, 0.5) is 0 Å². The van der Waals surface area contributed by atoms with Crippen LogP contribution < -0.4 is 5.32 Å². The van der Waals surface area contributed by atoms with E-state index in [-0.39, 0.29) is 0 Å². The van der Waals surface area contributed by atoms with Crippen LogP contribution in [0.25, 0.3) is 0 Å². The fraction of sp³-hybridized carbons (Fsp3) is 0.667. The average Bonchev–Trinajstić information content (AvgIpc) is 2.62. The Morgan fingerprint density at radius 2 is 2.19 bits per heavy atom. The van der Waals surface area contributed by atoms with Crippen molar-refractivity contribution < 1.29 is 9.15 Å². The van der Waals surface area contributed by atoms with Crippen LogP contribution >= 0.6 is 15.9 Å². The van der Waals surface area contributed by atoms with Gasteiger partial charge in [0.1, 0.15) is 5.76 Å². The van der Waals surface area contributed by atoms with E-state index in [1.165, 1.54) is 0 Å². The second-order valence-corrected chi connectivity index (χ2v) is 4.96. The highest BCUT2D eigenvalue weighted by Gasteiger charge is 1.98. The predicted octanol–water partition coefficient (Wildman–Crippen LogP) is 3.19. The minimum atomic E-state index is 0.716. The number of hydrogen-bond acceptors (Lipinski definition) is 3. The molecule has 16 heavy (non-hydrogen) atoms. The first-order valence-electron chi connectivity index (χ1n) is 5.71. The third-order valence-electron chi connectivity index (χ3n) is 2.19. The number of ether oxygens (including phenoxy) is 1. The monoisotopic (exact) mass is 289 g/mol. The summed E-state index contributed by atoms with van der Waals surface area (Å²) in [5, 5.41) is 3.26. The summed E-state index contributed by atoms with van der Waals surface area (Å²) in [5.41, 5.74) is 0. The molecule has 1 heterocycles. The van der Waals surface area contributed by atoms with Gasteiger partial charge in [-0.25, -0.2) is 0 Å². The van der Waals surface area contributed by atoms with Crippen molar-refractivity contribution in [1.29, 1.82) is 0 Å². The second kappa shape index (κ2) is 7.87. The maximum atomic E-state index is 5.49. The topological polar surface area (TPSA) is 34.4 Å². The van der Waals surface area contributed by atoms with Crippen molar-refractivity contribution in [3.05, 3.63) is 22.6 Å². The first-order valence-corrected chi connectivity index (χ1v) is 6.50. The molecule has 0 radical (unpaired) electrons. The Morgan fingerprint density at radius 1 is 1.38 bits per heavy atom. The Bertz CT molecular complexity index is 286. The molecule has 0 bridgehead atoms. The maximum Gasteiger partial charge on any atom is 0.169 e. The van der Waals surface area contributed by atoms with E-state index in [1.54, 1.807) is 0 Å². The molecular weight excluding hydrogens is 270 g/mol. The Morgan fingerprint density at radius 3 is 2.81 bits per heavy atom. The van der Waals surface area contributed by atoms with Crippen LogP contribution in [0.1, 0.15) is 26.0 Å². The highest BCUT2D eigenvalue weighted by atomic mass is 79.9. The van der Waals surface area contributed by atoms with Crippen LogP contribution in [0.2, 0.25) is 0 Å². The van der Waals surface area contributed by atoms with Gasteiger partial charge in [-0.1, -0.05) is 13.8 Å². The van der Waals surface area contributed by atoms with E-state index in [0.29, 0.717) is 5.92 Å². The van der Waals surface area contributed by atoms with Crippen LogP contribution in [0, 0.1) is 5.92 Å². The summed E-state index contributed by atoms with van der Waals surface area (Å²) in [5.74, 6) is 1.66. The van der Waals surface area contributed by atoms with E-state index in [1.807, 2.05) is 12.1 Å². The Balaban J connectivity index is 1.92. The summed E-state index contributed by atoms with van der Waals surface area (Å²) in [6, 6.07) is 3.85. The van der Waals surface area contributed by atoms with Gasteiger partial charge in [0.05, 0.1) is 13.2 Å². The lowest BCUT2D eigenvalue weighted by molar-refractivity contribution is 0.125. The Labute approximate surface area is 106 Å². The molecule has 1 aromatic rings. The SMILES string of the molecule is CC(C)CCOCCNCc1ccc(Br)o1. The molecule has 4 heteroatoms. The normalized spacial score (nSPS) is 11.2. The van der Waals surface area contributed by atoms with Gasteiger partial charge in [0.2, 0.25) is 0 Å². The van der Waals surface area contributed by atoms with Gasteiger partial charge in [-0.05, 0) is 40.4 Å². The Kier molecular flexibility index (Phi) is 6.76. The van der Waals surface area contributed by atoms with Crippen LogP contribution in [0.3, 0.4) is 0 Å². The molecule has 0 atom stereocenters. The molecule has 0 spiro atoms. The van der Waals surface area contributed by atoms with Crippen molar-refractivity contribution in [1.82, 2.24) is 5.32 Å². The summed E-state index contributed by atoms with van der Waals surface area (Å²) in [4.78, 5) is 0. The molecule has 0 aliphatic heterocycles. The molecule has 3 nitrogen and oxygen atoms in total. The van der Waals surface area contributed by atoms with E-state index >= 15 is 0 Å². The lowest BCUT2D eigenvalue weighted by atomic mass is 10.1. The maximum absolute atomic E-state index is 5.49. The lowest BCUT2D eigenvalue weighted by Crippen LogP contribution is -2.19. The van der Waals surface area contributed by atoms with E-state index < -0.39 is 0 Å². The quantitative estimate of drug-likeness (QED) is 0.747. The summed E-state index contributed by atoms with van der Waals surface area (Å²) in [7, 11) is 0. The van der Waals surface area contributed by atoms with Crippen LogP contribution in [-0.2, 0) is 11.3 Å². The van der Waals surface area contributed by atoms with Crippen molar-refractivity contribution >= 4 is 15.9 Å².